The van der Waals surface area contributed by atoms with E-state index in [9.17, 15) is 14.4 Å². The average Bonchev–Trinajstić information content (AvgIpc) is 3.15. The van der Waals surface area contributed by atoms with E-state index in [0.29, 0.717) is 32.4 Å². The molecule has 1 amide bonds. The van der Waals surface area contributed by atoms with Crippen LogP contribution >= 0.6 is 0 Å². The highest BCUT2D eigenvalue weighted by Crippen LogP contribution is 2.28. The monoisotopic (exact) mass is 521 g/mol. The Hall–Kier alpha value is -3.40. The molecular weight excluding hydrogens is 485 g/mol. The lowest BCUT2D eigenvalue weighted by atomic mass is 9.97. The van der Waals surface area contributed by atoms with Gasteiger partial charge in [0.2, 0.25) is 23.4 Å². The van der Waals surface area contributed by atoms with Crippen LogP contribution in [0, 0.1) is 11.3 Å². The number of hydrogen-bond acceptors (Lipinski definition) is 10. The first kappa shape index (κ1) is 28.2. The van der Waals surface area contributed by atoms with Crippen molar-refractivity contribution >= 4 is 11.9 Å². The number of amidine groups is 1. The van der Waals surface area contributed by atoms with Crippen molar-refractivity contribution in [3.63, 3.8) is 0 Å². The van der Waals surface area contributed by atoms with Gasteiger partial charge < -0.3 is 30.1 Å². The lowest BCUT2D eigenvalue weighted by Gasteiger charge is -2.38. The van der Waals surface area contributed by atoms with Gasteiger partial charge in [-0.3, -0.25) is 4.90 Å². The summed E-state index contributed by atoms with van der Waals surface area (Å²) in [5.74, 6) is -0.153. The van der Waals surface area contributed by atoms with Crippen molar-refractivity contribution in [2.24, 2.45) is 10.9 Å². The number of nitrogens with zero attached hydrogens (tertiary/aromatic N) is 6. The van der Waals surface area contributed by atoms with E-state index in [0.717, 1.165) is 0 Å². The molecule has 2 saturated heterocycles. The molecule has 0 bridgehead atoms. The van der Waals surface area contributed by atoms with Crippen molar-refractivity contribution in [1.82, 2.24) is 19.8 Å². The second-order valence-corrected chi connectivity index (χ2v) is 10.5. The van der Waals surface area contributed by atoms with Crippen molar-refractivity contribution in [3.05, 3.63) is 11.9 Å². The molecule has 1 aromatic rings. The lowest BCUT2D eigenvalue weighted by Crippen LogP contribution is -2.50. The molecule has 0 saturated carbocycles. The van der Waals surface area contributed by atoms with Crippen molar-refractivity contribution in [2.75, 3.05) is 20.1 Å². The van der Waals surface area contributed by atoms with Gasteiger partial charge in [0.05, 0.1) is 24.6 Å². The standard InChI is InChI=1S/C24H36FN7O5/c1-14(18-10-15(25)13-31(18)5)35-19-12-20(29-22(28-19)21(27)30-34)36-17-7-9-32(16(11-17)6-8-26)23(33)37-24(2,3)4/h12,14-18,34H,6-7,9-11,13H2,1-5H3,(H2,27,30)/t14-,15-,16+,17-,18-/m0/s1. The quantitative estimate of drug-likeness (QED) is 0.236. The number of oxime groups is 1. The van der Waals surface area contributed by atoms with Crippen LogP contribution < -0.4 is 15.2 Å². The molecule has 3 heterocycles. The largest absolute Gasteiger partial charge is 0.474 e. The predicted molar refractivity (Wildman–Crippen MR) is 131 cm³/mol. The smallest absolute Gasteiger partial charge is 0.410 e. The average molecular weight is 522 g/mol. The van der Waals surface area contributed by atoms with E-state index in [1.54, 1.807) is 25.7 Å². The third kappa shape index (κ3) is 7.55. The molecule has 2 aliphatic heterocycles. The van der Waals surface area contributed by atoms with Gasteiger partial charge in [0.15, 0.2) is 0 Å². The Bertz CT molecular complexity index is 1030. The van der Waals surface area contributed by atoms with Crippen molar-refractivity contribution in [1.29, 1.82) is 5.26 Å². The number of amides is 1. The molecular formula is C24H36FN7O5. The number of ether oxygens (including phenoxy) is 3. The summed E-state index contributed by atoms with van der Waals surface area (Å²) in [5, 5.41) is 21.4. The highest BCUT2D eigenvalue weighted by Gasteiger charge is 2.36. The van der Waals surface area contributed by atoms with Gasteiger partial charge in [0.25, 0.3) is 0 Å². The normalized spacial score (nSPS) is 25.9. The van der Waals surface area contributed by atoms with Crippen LogP contribution in [0.15, 0.2) is 11.2 Å². The van der Waals surface area contributed by atoms with Gasteiger partial charge >= 0.3 is 6.09 Å². The van der Waals surface area contributed by atoms with Crippen LogP contribution in [-0.2, 0) is 4.74 Å². The molecule has 0 radical (unpaired) electrons. The molecule has 1 aromatic heterocycles. The minimum absolute atomic E-state index is 0.0925. The van der Waals surface area contributed by atoms with E-state index in [1.807, 2.05) is 18.9 Å². The van der Waals surface area contributed by atoms with Crippen LogP contribution in [0.4, 0.5) is 9.18 Å². The van der Waals surface area contributed by atoms with Crippen molar-refractivity contribution < 1.29 is 28.6 Å². The Labute approximate surface area is 216 Å². The van der Waals surface area contributed by atoms with Gasteiger partial charge in [-0.2, -0.15) is 15.2 Å². The number of aromatic nitrogens is 2. The van der Waals surface area contributed by atoms with E-state index < -0.39 is 30.0 Å². The summed E-state index contributed by atoms with van der Waals surface area (Å²) in [4.78, 5) is 24.6. The third-order valence-electron chi connectivity index (χ3n) is 6.32. The first-order valence-electron chi connectivity index (χ1n) is 12.3. The number of likely N-dealkylation sites (tertiary alicyclic amines) is 2. The maximum Gasteiger partial charge on any atom is 0.410 e. The highest BCUT2D eigenvalue weighted by molar-refractivity contribution is 5.93. The van der Waals surface area contributed by atoms with Crippen LogP contribution in [0.1, 0.15) is 59.2 Å². The van der Waals surface area contributed by atoms with E-state index >= 15 is 0 Å². The Balaban J connectivity index is 1.75. The molecule has 0 unspecified atom stereocenters. The summed E-state index contributed by atoms with van der Waals surface area (Å²) in [7, 11) is 1.84. The molecule has 5 atom stereocenters. The maximum atomic E-state index is 13.9. The lowest BCUT2D eigenvalue weighted by molar-refractivity contribution is -0.00383. The number of piperidine rings is 1. The topological polar surface area (TPSA) is 159 Å². The summed E-state index contributed by atoms with van der Waals surface area (Å²) in [6.45, 7) is 7.85. The molecule has 2 fully saturated rings. The number of carbonyl (C=O) groups excluding carboxylic acids is 1. The highest BCUT2D eigenvalue weighted by atomic mass is 19.1. The van der Waals surface area contributed by atoms with Gasteiger partial charge in [0.1, 0.15) is 24.0 Å². The van der Waals surface area contributed by atoms with Crippen LogP contribution in [0.5, 0.6) is 11.8 Å². The number of carbonyl (C=O) groups is 1. The molecule has 204 valence electrons. The minimum atomic E-state index is -0.925. The zero-order chi connectivity index (χ0) is 27.3. The summed E-state index contributed by atoms with van der Waals surface area (Å²) < 4.78 is 31.4. The molecule has 12 nitrogen and oxygen atoms in total. The number of nitriles is 1. The SMILES string of the molecule is C[C@H](Oc1cc(O[C@H]2CCN(C(=O)OC(C)(C)C)[C@H](CC#N)C2)nc(C(N)=NO)n1)[C@@H]1C[C@H](F)CN1C. The molecule has 3 N–H and O–H groups in total. The van der Waals surface area contributed by atoms with Crippen molar-refractivity contribution in [3.8, 4) is 17.8 Å². The maximum absolute atomic E-state index is 13.9. The predicted octanol–water partition coefficient (Wildman–Crippen LogP) is 2.44. The fraction of sp³-hybridized carbons (Fsp3) is 0.708. The summed E-state index contributed by atoms with van der Waals surface area (Å²) in [5.41, 5.74) is 5.08. The van der Waals surface area contributed by atoms with Crippen LogP contribution in [0.25, 0.3) is 0 Å². The molecule has 0 aliphatic carbocycles. The fourth-order valence-corrected chi connectivity index (χ4v) is 4.62. The van der Waals surface area contributed by atoms with E-state index in [2.05, 4.69) is 21.2 Å². The number of nitrogens with two attached hydrogens (primary N) is 1. The Morgan fingerprint density at radius 2 is 2.08 bits per heavy atom. The molecule has 0 aromatic carbocycles. The molecule has 3 rings (SSSR count). The second kappa shape index (κ2) is 11.8. The molecule has 13 heteroatoms. The van der Waals surface area contributed by atoms with Crippen LogP contribution in [-0.4, -0.2) is 93.1 Å². The number of likely N-dealkylation sites (N-methyl/N-ethyl adjacent to an activating group) is 1. The van der Waals surface area contributed by atoms with Gasteiger partial charge in [-0.25, -0.2) is 9.18 Å². The Kier molecular flexibility index (Phi) is 8.96. The fourth-order valence-electron chi connectivity index (χ4n) is 4.62. The summed E-state index contributed by atoms with van der Waals surface area (Å²) >= 11 is 0. The zero-order valence-corrected chi connectivity index (χ0v) is 21.9. The van der Waals surface area contributed by atoms with Gasteiger partial charge in [-0.15, -0.1) is 0 Å². The van der Waals surface area contributed by atoms with E-state index in [4.69, 9.17) is 25.2 Å². The third-order valence-corrected chi connectivity index (χ3v) is 6.32. The van der Waals surface area contributed by atoms with E-state index in [-0.39, 0.29) is 42.0 Å². The van der Waals surface area contributed by atoms with Gasteiger partial charge in [-0.1, -0.05) is 5.16 Å². The summed E-state index contributed by atoms with van der Waals surface area (Å²) in [6, 6.07) is 3.07. The first-order chi connectivity index (χ1) is 17.4. The van der Waals surface area contributed by atoms with E-state index in [1.165, 1.54) is 6.07 Å². The zero-order valence-electron chi connectivity index (χ0n) is 21.9. The Morgan fingerprint density at radius 3 is 2.68 bits per heavy atom. The Morgan fingerprint density at radius 1 is 1.38 bits per heavy atom. The van der Waals surface area contributed by atoms with Gasteiger partial charge in [0, 0.05) is 32.0 Å². The summed E-state index contributed by atoms with van der Waals surface area (Å²) in [6.07, 6.45) is -0.847. The van der Waals surface area contributed by atoms with Gasteiger partial charge in [-0.05, 0) is 41.2 Å². The van der Waals surface area contributed by atoms with Crippen molar-refractivity contribution in [2.45, 2.75) is 89.4 Å². The number of rotatable bonds is 7. The van der Waals surface area contributed by atoms with Crippen LogP contribution in [0.3, 0.4) is 0 Å². The minimum Gasteiger partial charge on any atom is -0.474 e. The number of hydrogen-bond donors (Lipinski definition) is 2. The number of halogens is 1. The first-order valence-corrected chi connectivity index (χ1v) is 12.3. The number of alkyl halides is 1. The van der Waals surface area contributed by atoms with Crippen LogP contribution in [0.2, 0.25) is 0 Å². The molecule has 37 heavy (non-hydrogen) atoms. The molecule has 0 spiro atoms. The second-order valence-electron chi connectivity index (χ2n) is 10.5. The molecule has 2 aliphatic rings.